The van der Waals surface area contributed by atoms with Crippen LogP contribution in [0, 0.1) is 0 Å². The molecule has 0 radical (unpaired) electrons. The molecular weight excluding hydrogens is 140 g/mol. The number of hydrogen-bond acceptors (Lipinski definition) is 3. The average molecular weight is 154 g/mol. The van der Waals surface area contributed by atoms with Crippen molar-refractivity contribution in [2.45, 2.75) is 26.6 Å². The molecule has 0 aliphatic heterocycles. The zero-order valence-electron chi connectivity index (χ0n) is 7.23. The Labute approximate surface area is 66.8 Å². The molecule has 0 amide bonds. The molecule has 1 heterocycles. The first-order valence-electron chi connectivity index (χ1n) is 3.74. The van der Waals surface area contributed by atoms with Crippen LogP contribution in [0.4, 0.5) is 0 Å². The molecule has 1 aromatic heterocycles. The standard InChI is InChI=1S/C7H14N4/c1-7(2)10(3)6-11-5-4-8-9-11/h4-5,7H,6H2,1-3H3. The van der Waals surface area contributed by atoms with Crippen LogP contribution >= 0.6 is 0 Å². The summed E-state index contributed by atoms with van der Waals surface area (Å²) in [7, 11) is 2.06. The van der Waals surface area contributed by atoms with Crippen LogP contribution in [0.25, 0.3) is 0 Å². The fraction of sp³-hybridized carbons (Fsp3) is 0.714. The zero-order chi connectivity index (χ0) is 8.27. The molecule has 0 bridgehead atoms. The highest BCUT2D eigenvalue weighted by Gasteiger charge is 2.02. The van der Waals surface area contributed by atoms with Crippen LogP contribution in [0.2, 0.25) is 0 Å². The van der Waals surface area contributed by atoms with Gasteiger partial charge in [0.15, 0.2) is 0 Å². The SMILES string of the molecule is CC(C)N(C)Cn1ccnn1. The minimum absolute atomic E-state index is 0.541. The van der Waals surface area contributed by atoms with Crippen molar-refractivity contribution in [1.82, 2.24) is 19.9 Å². The van der Waals surface area contributed by atoms with Crippen LogP contribution in [0.1, 0.15) is 13.8 Å². The third-order valence-electron chi connectivity index (χ3n) is 1.72. The molecule has 4 nitrogen and oxygen atoms in total. The quantitative estimate of drug-likeness (QED) is 0.638. The van der Waals surface area contributed by atoms with Crippen molar-refractivity contribution < 1.29 is 0 Å². The van der Waals surface area contributed by atoms with Crippen molar-refractivity contribution in [3.63, 3.8) is 0 Å². The monoisotopic (exact) mass is 154 g/mol. The molecule has 4 heteroatoms. The van der Waals surface area contributed by atoms with Gasteiger partial charge in [-0.3, -0.25) is 4.90 Å². The van der Waals surface area contributed by atoms with Crippen molar-refractivity contribution in [3.05, 3.63) is 12.4 Å². The summed E-state index contributed by atoms with van der Waals surface area (Å²) in [5, 5.41) is 7.58. The molecule has 1 aromatic rings. The van der Waals surface area contributed by atoms with E-state index in [1.54, 1.807) is 10.9 Å². The molecular formula is C7H14N4. The van der Waals surface area contributed by atoms with Gasteiger partial charge in [0.1, 0.15) is 0 Å². The highest BCUT2D eigenvalue weighted by Crippen LogP contribution is 1.94. The van der Waals surface area contributed by atoms with Crippen LogP contribution in [-0.4, -0.2) is 33.0 Å². The van der Waals surface area contributed by atoms with Crippen LogP contribution in [0.15, 0.2) is 12.4 Å². The maximum absolute atomic E-state index is 3.86. The third kappa shape index (κ3) is 2.31. The molecule has 0 atom stereocenters. The summed E-state index contributed by atoms with van der Waals surface area (Å²) in [5.41, 5.74) is 0. The molecule has 0 fully saturated rings. The summed E-state index contributed by atoms with van der Waals surface area (Å²) in [5.74, 6) is 0. The Morgan fingerprint density at radius 1 is 1.55 bits per heavy atom. The summed E-state index contributed by atoms with van der Waals surface area (Å²) >= 11 is 0. The second-order valence-electron chi connectivity index (χ2n) is 2.93. The first-order valence-corrected chi connectivity index (χ1v) is 3.74. The molecule has 62 valence electrons. The molecule has 1 rings (SSSR count). The predicted molar refractivity (Wildman–Crippen MR) is 42.9 cm³/mol. The maximum atomic E-state index is 3.86. The highest BCUT2D eigenvalue weighted by atomic mass is 15.5. The molecule has 0 saturated carbocycles. The molecule has 11 heavy (non-hydrogen) atoms. The fourth-order valence-electron chi connectivity index (χ4n) is 0.700. The van der Waals surface area contributed by atoms with Crippen molar-refractivity contribution >= 4 is 0 Å². The molecule has 0 N–H and O–H groups in total. The molecule has 0 aliphatic carbocycles. The van der Waals surface area contributed by atoms with E-state index < -0.39 is 0 Å². The largest absolute Gasteiger partial charge is 0.285 e. The molecule has 0 spiro atoms. The van der Waals surface area contributed by atoms with Gasteiger partial charge in [-0.2, -0.15) is 0 Å². The van der Waals surface area contributed by atoms with Gasteiger partial charge in [-0.25, -0.2) is 4.68 Å². The molecule has 0 unspecified atom stereocenters. The van der Waals surface area contributed by atoms with E-state index in [9.17, 15) is 0 Å². The zero-order valence-corrected chi connectivity index (χ0v) is 7.23. The normalized spacial score (nSPS) is 11.4. The number of aromatic nitrogens is 3. The first-order chi connectivity index (χ1) is 5.20. The summed E-state index contributed by atoms with van der Waals surface area (Å²) in [6.45, 7) is 5.10. The summed E-state index contributed by atoms with van der Waals surface area (Å²) < 4.78 is 1.81. The Balaban J connectivity index is 2.43. The molecule has 0 aliphatic rings. The molecule has 0 aromatic carbocycles. The second-order valence-corrected chi connectivity index (χ2v) is 2.93. The minimum atomic E-state index is 0.541. The first kappa shape index (κ1) is 8.20. The van der Waals surface area contributed by atoms with Crippen molar-refractivity contribution in [1.29, 1.82) is 0 Å². The summed E-state index contributed by atoms with van der Waals surface area (Å²) in [6, 6.07) is 0.541. The van der Waals surface area contributed by atoms with Gasteiger partial charge in [0.25, 0.3) is 0 Å². The van der Waals surface area contributed by atoms with E-state index in [1.807, 2.05) is 6.20 Å². The Morgan fingerprint density at radius 3 is 2.73 bits per heavy atom. The van der Waals surface area contributed by atoms with Gasteiger partial charge in [0, 0.05) is 12.2 Å². The van der Waals surface area contributed by atoms with Crippen LogP contribution < -0.4 is 0 Å². The Morgan fingerprint density at radius 2 is 2.27 bits per heavy atom. The highest BCUT2D eigenvalue weighted by molar-refractivity contribution is 4.64. The smallest absolute Gasteiger partial charge is 0.0946 e. The van der Waals surface area contributed by atoms with Crippen LogP contribution in [0.3, 0.4) is 0 Å². The topological polar surface area (TPSA) is 34.0 Å². The fourth-order valence-corrected chi connectivity index (χ4v) is 0.700. The van der Waals surface area contributed by atoms with E-state index in [0.717, 1.165) is 6.67 Å². The van der Waals surface area contributed by atoms with E-state index >= 15 is 0 Å². The number of rotatable bonds is 3. The van der Waals surface area contributed by atoms with Gasteiger partial charge in [-0.15, -0.1) is 5.10 Å². The number of nitrogens with zero attached hydrogens (tertiary/aromatic N) is 4. The number of hydrogen-bond donors (Lipinski definition) is 0. The van der Waals surface area contributed by atoms with E-state index in [2.05, 4.69) is 36.1 Å². The van der Waals surface area contributed by atoms with E-state index in [0.29, 0.717) is 6.04 Å². The van der Waals surface area contributed by atoms with E-state index in [1.165, 1.54) is 0 Å². The van der Waals surface area contributed by atoms with Crippen LogP contribution in [-0.2, 0) is 6.67 Å². The molecule has 0 saturated heterocycles. The summed E-state index contributed by atoms with van der Waals surface area (Å²) in [6.07, 6.45) is 3.55. The van der Waals surface area contributed by atoms with Gasteiger partial charge in [0.2, 0.25) is 0 Å². The second kappa shape index (κ2) is 3.48. The maximum Gasteiger partial charge on any atom is 0.0946 e. The van der Waals surface area contributed by atoms with Crippen molar-refractivity contribution in [3.8, 4) is 0 Å². The van der Waals surface area contributed by atoms with E-state index in [4.69, 9.17) is 0 Å². The minimum Gasteiger partial charge on any atom is -0.285 e. The van der Waals surface area contributed by atoms with E-state index in [-0.39, 0.29) is 0 Å². The van der Waals surface area contributed by atoms with Gasteiger partial charge in [-0.1, -0.05) is 5.21 Å². The average Bonchev–Trinajstić information content (AvgIpc) is 2.39. The van der Waals surface area contributed by atoms with Gasteiger partial charge >= 0.3 is 0 Å². The lowest BCUT2D eigenvalue weighted by Gasteiger charge is -2.19. The Bertz CT molecular complexity index is 192. The van der Waals surface area contributed by atoms with Gasteiger partial charge in [-0.05, 0) is 20.9 Å². The van der Waals surface area contributed by atoms with Gasteiger partial charge < -0.3 is 0 Å². The lowest BCUT2D eigenvalue weighted by molar-refractivity contribution is 0.205. The predicted octanol–water partition coefficient (Wildman–Crippen LogP) is 0.576. The lowest BCUT2D eigenvalue weighted by atomic mass is 10.4. The van der Waals surface area contributed by atoms with Crippen molar-refractivity contribution in [2.24, 2.45) is 0 Å². The van der Waals surface area contributed by atoms with Crippen LogP contribution in [0.5, 0.6) is 0 Å². The van der Waals surface area contributed by atoms with Crippen molar-refractivity contribution in [2.75, 3.05) is 7.05 Å². The lowest BCUT2D eigenvalue weighted by Crippen LogP contribution is -2.28. The Hall–Kier alpha value is -0.900. The Kier molecular flexibility index (Phi) is 2.59. The summed E-state index contributed by atoms with van der Waals surface area (Å²) in [4.78, 5) is 2.19. The van der Waals surface area contributed by atoms with Gasteiger partial charge in [0.05, 0.1) is 12.9 Å². The third-order valence-corrected chi connectivity index (χ3v) is 1.72.